The summed E-state index contributed by atoms with van der Waals surface area (Å²) in [6.07, 6.45) is 3.73. The van der Waals surface area contributed by atoms with Crippen molar-refractivity contribution in [1.82, 2.24) is 39.7 Å². The molecule has 17 nitrogen and oxygen atoms in total. The number of benzene rings is 3. The summed E-state index contributed by atoms with van der Waals surface area (Å²) in [4.78, 5) is 70.0. The fourth-order valence-corrected chi connectivity index (χ4v) is 9.53. The Morgan fingerprint density at radius 3 is 1.83 bits per heavy atom. The van der Waals surface area contributed by atoms with Crippen molar-refractivity contribution < 1.29 is 42.1 Å². The number of aromatic amines is 3. The van der Waals surface area contributed by atoms with Gasteiger partial charge in [0.05, 0.1) is 43.7 Å². The quantitative estimate of drug-likeness (QED) is 0.117. The minimum Gasteiger partial charge on any atom is -0.453 e. The van der Waals surface area contributed by atoms with E-state index in [9.17, 15) is 27.6 Å². The maximum absolute atomic E-state index is 14.1. The van der Waals surface area contributed by atoms with E-state index in [1.165, 1.54) is 35.6 Å². The standard InChI is InChI=1S/C45H53N9O8S/c1-27(2)38(50-44(57)61-5)42(55)53-22-10-13-36(53)40-46-23-34(48-40)31-18-14-29(15-19-31)30-16-20-32(21-17-30)35-24-47-41(49-35)37-25-52(63(59,60)33-11-8-7-9-12-33)26-54(37)43(56)39(28(3)4)51-45(58)62-6/h7-9,11-12,14-21,23-24,27-28,36-39H,10,13,22,25-26H2,1-6H3,(H,46,48)(H,47,49)(H,50,57)(H,51,58)/p+1/t36-,37-,38-,39-/m0/s1. The van der Waals surface area contributed by atoms with Crippen LogP contribution < -0.4 is 15.6 Å². The fraction of sp³-hybridized carbons (Fsp3) is 0.378. The molecule has 0 unspecified atom stereocenters. The summed E-state index contributed by atoms with van der Waals surface area (Å²) in [5.41, 5.74) is 5.32. The van der Waals surface area contributed by atoms with E-state index in [1.54, 1.807) is 49.3 Å². The lowest BCUT2D eigenvalue weighted by atomic mass is 10.0. The molecule has 2 fully saturated rings. The van der Waals surface area contributed by atoms with Crippen LogP contribution >= 0.6 is 0 Å². The van der Waals surface area contributed by atoms with Crippen LogP contribution in [0.4, 0.5) is 9.59 Å². The number of carbonyl (C=O) groups excluding carboxylic acids is 4. The molecule has 5 N–H and O–H groups in total. The molecule has 3 aromatic carbocycles. The van der Waals surface area contributed by atoms with Crippen LogP contribution in [0.1, 0.15) is 64.3 Å². The topological polar surface area (TPSA) is 213 Å². The van der Waals surface area contributed by atoms with Crippen molar-refractivity contribution in [2.75, 3.05) is 34.0 Å². The SMILES string of the molecule is COC(=O)N[C@H](C(=O)N1CCC[C@H]1c1ncc(-c2ccc(-c3ccc(-c4c[nH+]c([C@@H]5CN(S(=O)(=O)c6ccccc6)CN5C(=O)[C@@H](NC(=O)OC)C(C)C)[nH]4)cc3)cc2)[nH]1)C(C)C. The number of amides is 4. The molecule has 2 aromatic heterocycles. The van der Waals surface area contributed by atoms with Crippen LogP contribution in [0.3, 0.4) is 0 Å². The molecule has 0 saturated carbocycles. The summed E-state index contributed by atoms with van der Waals surface area (Å²) in [5.74, 6) is 0.159. The fourth-order valence-electron chi connectivity index (χ4n) is 8.11. The molecule has 2 saturated heterocycles. The number of rotatable bonds is 13. The number of imidazole rings is 2. The summed E-state index contributed by atoms with van der Waals surface area (Å²) in [6, 6.07) is 21.5. The average molecular weight is 881 g/mol. The summed E-state index contributed by atoms with van der Waals surface area (Å²) < 4.78 is 38.4. The highest BCUT2D eigenvalue weighted by Crippen LogP contribution is 2.35. The molecule has 4 amide bonds. The van der Waals surface area contributed by atoms with Crippen LogP contribution in [0.2, 0.25) is 0 Å². The summed E-state index contributed by atoms with van der Waals surface area (Å²) >= 11 is 0. The van der Waals surface area contributed by atoms with E-state index < -0.39 is 46.2 Å². The van der Waals surface area contributed by atoms with E-state index >= 15 is 0 Å². The van der Waals surface area contributed by atoms with Crippen molar-refractivity contribution in [2.45, 2.75) is 69.6 Å². The van der Waals surface area contributed by atoms with Crippen LogP contribution in [0.15, 0.2) is 96.2 Å². The normalized spacial score (nSPS) is 17.8. The molecule has 4 heterocycles. The van der Waals surface area contributed by atoms with Gasteiger partial charge in [-0.25, -0.2) is 33.0 Å². The van der Waals surface area contributed by atoms with Gasteiger partial charge in [-0.05, 0) is 65.6 Å². The Bertz CT molecular complexity index is 2520. The number of hydrogen-bond donors (Lipinski definition) is 4. The number of methoxy groups -OCH3 is 2. The summed E-state index contributed by atoms with van der Waals surface area (Å²) in [5, 5.41) is 5.30. The highest BCUT2D eigenvalue weighted by atomic mass is 32.2. The van der Waals surface area contributed by atoms with Gasteiger partial charge >= 0.3 is 12.2 Å². The minimum absolute atomic E-state index is 0.0229. The molecule has 2 aliphatic heterocycles. The number of H-pyrrole nitrogens is 3. The Kier molecular flexibility index (Phi) is 13.3. The summed E-state index contributed by atoms with van der Waals surface area (Å²) in [7, 11) is -1.47. The Hall–Kier alpha value is -6.53. The molecule has 5 aromatic rings. The van der Waals surface area contributed by atoms with E-state index in [0.717, 1.165) is 46.5 Å². The minimum atomic E-state index is -3.96. The number of nitrogens with one attached hydrogen (secondary N) is 5. The molecular weight excluding hydrogens is 827 g/mol. The zero-order chi connectivity index (χ0) is 45.0. The Balaban J connectivity index is 1.06. The first kappa shape index (κ1) is 44.5. The van der Waals surface area contributed by atoms with Gasteiger partial charge in [-0.2, -0.15) is 4.31 Å². The second-order valence-corrected chi connectivity index (χ2v) is 18.3. The van der Waals surface area contributed by atoms with Crippen molar-refractivity contribution in [1.29, 1.82) is 0 Å². The first-order valence-electron chi connectivity index (χ1n) is 20.9. The third kappa shape index (κ3) is 9.46. The molecule has 2 aliphatic rings. The van der Waals surface area contributed by atoms with E-state index in [1.807, 2.05) is 62.4 Å². The number of aromatic nitrogens is 4. The van der Waals surface area contributed by atoms with Crippen molar-refractivity contribution in [3.05, 3.63) is 103 Å². The van der Waals surface area contributed by atoms with Crippen molar-refractivity contribution in [2.24, 2.45) is 11.8 Å². The van der Waals surface area contributed by atoms with Gasteiger partial charge in [0, 0.05) is 18.7 Å². The molecule has 7 rings (SSSR count). The molecular formula is C45H54N9O8S+. The molecule has 0 aliphatic carbocycles. The summed E-state index contributed by atoms with van der Waals surface area (Å²) in [6.45, 7) is 7.68. The van der Waals surface area contributed by atoms with Gasteiger partial charge in [0.15, 0.2) is 5.69 Å². The third-order valence-electron chi connectivity index (χ3n) is 11.7. The zero-order valence-corrected chi connectivity index (χ0v) is 36.9. The number of likely N-dealkylation sites (tertiary alicyclic amines) is 1. The van der Waals surface area contributed by atoms with Gasteiger partial charge < -0.3 is 34.9 Å². The van der Waals surface area contributed by atoms with Crippen molar-refractivity contribution in [3.63, 3.8) is 0 Å². The van der Waals surface area contributed by atoms with Crippen molar-refractivity contribution >= 4 is 34.0 Å². The van der Waals surface area contributed by atoms with Crippen LogP contribution in [0.5, 0.6) is 0 Å². The molecule has 0 spiro atoms. The second-order valence-electron chi connectivity index (χ2n) is 16.4. The van der Waals surface area contributed by atoms with Gasteiger partial charge in [0.1, 0.15) is 30.1 Å². The van der Waals surface area contributed by atoms with E-state index in [-0.39, 0.29) is 41.9 Å². The molecule has 0 radical (unpaired) electrons. The lowest BCUT2D eigenvalue weighted by Crippen LogP contribution is -2.52. The van der Waals surface area contributed by atoms with Crippen LogP contribution in [0.25, 0.3) is 33.6 Å². The Morgan fingerprint density at radius 2 is 1.27 bits per heavy atom. The first-order valence-corrected chi connectivity index (χ1v) is 22.4. The van der Waals surface area contributed by atoms with E-state index in [4.69, 9.17) is 9.47 Å². The number of carbonyl (C=O) groups is 4. The maximum atomic E-state index is 14.1. The maximum Gasteiger partial charge on any atom is 0.407 e. The largest absolute Gasteiger partial charge is 0.453 e. The van der Waals surface area contributed by atoms with E-state index in [0.29, 0.717) is 18.2 Å². The number of sulfonamides is 1. The Labute approximate surface area is 366 Å². The second kappa shape index (κ2) is 18.8. The predicted octanol–water partition coefficient (Wildman–Crippen LogP) is 5.51. The van der Waals surface area contributed by atoms with Gasteiger partial charge in [-0.3, -0.25) is 9.59 Å². The molecule has 18 heteroatoms. The van der Waals surface area contributed by atoms with Crippen LogP contribution in [-0.2, 0) is 29.1 Å². The zero-order valence-electron chi connectivity index (χ0n) is 36.1. The predicted molar refractivity (Wildman–Crippen MR) is 233 cm³/mol. The molecule has 63 heavy (non-hydrogen) atoms. The Morgan fingerprint density at radius 1 is 0.730 bits per heavy atom. The average Bonchev–Trinajstić information content (AvgIpc) is 4.14. The number of hydrogen-bond acceptors (Lipinski definition) is 9. The monoisotopic (exact) mass is 880 g/mol. The first-order chi connectivity index (χ1) is 30.2. The van der Waals surface area contributed by atoms with E-state index in [2.05, 4.69) is 30.6 Å². The molecule has 332 valence electrons. The molecule has 4 atom stereocenters. The van der Waals surface area contributed by atoms with Crippen LogP contribution in [-0.4, -0.2) is 108 Å². The lowest BCUT2D eigenvalue weighted by Gasteiger charge is -2.30. The van der Waals surface area contributed by atoms with Crippen molar-refractivity contribution in [3.8, 4) is 33.6 Å². The number of ether oxygens (including phenoxy) is 2. The van der Waals surface area contributed by atoms with Crippen LogP contribution in [0, 0.1) is 11.8 Å². The number of nitrogens with zero attached hydrogens (tertiary/aromatic N) is 4. The highest BCUT2D eigenvalue weighted by molar-refractivity contribution is 7.89. The number of alkyl carbamates (subject to hydrolysis) is 2. The van der Waals surface area contributed by atoms with Gasteiger partial charge in [-0.15, -0.1) is 0 Å². The smallest absolute Gasteiger partial charge is 0.407 e. The van der Waals surface area contributed by atoms with Gasteiger partial charge in [-0.1, -0.05) is 82.3 Å². The molecule has 0 bridgehead atoms. The highest BCUT2D eigenvalue weighted by Gasteiger charge is 2.46. The van der Waals surface area contributed by atoms with Gasteiger partial charge in [0.25, 0.3) is 5.82 Å². The van der Waals surface area contributed by atoms with Gasteiger partial charge in [0.2, 0.25) is 21.8 Å². The third-order valence-corrected chi connectivity index (χ3v) is 13.5. The lowest BCUT2D eigenvalue weighted by molar-refractivity contribution is -0.393.